The molecule has 25 heavy (non-hydrogen) atoms. The smallest absolute Gasteiger partial charge is 0.191 e. The van der Waals surface area contributed by atoms with Crippen LogP contribution in [-0.2, 0) is 10.3 Å². The molecule has 4 rings (SSSR count). The highest BCUT2D eigenvalue weighted by Crippen LogP contribution is 2.62. The third-order valence-corrected chi connectivity index (χ3v) is 7.39. The molecule has 3 aliphatic rings. The molecular weight excluding hydrogens is 334 g/mol. The first kappa shape index (κ1) is 17.3. The molecule has 5 nitrogen and oxygen atoms in total. The van der Waals surface area contributed by atoms with Gasteiger partial charge >= 0.3 is 0 Å². The lowest BCUT2D eigenvalue weighted by Gasteiger charge is -2.63. The molecule has 1 aliphatic heterocycles. The van der Waals surface area contributed by atoms with Crippen molar-refractivity contribution in [1.82, 2.24) is 10.6 Å². The fourth-order valence-corrected chi connectivity index (χ4v) is 5.60. The maximum atomic E-state index is 10.7. The largest absolute Gasteiger partial charge is 0.383 e. The van der Waals surface area contributed by atoms with Gasteiger partial charge in [0.1, 0.15) is 5.60 Å². The number of nitrogens with zero attached hydrogens (tertiary/aromatic N) is 1. The molecule has 3 N–H and O–H groups in total. The molecular formula is C19H29N3O2S. The second-order valence-corrected chi connectivity index (χ2v) is 8.85. The Balaban J connectivity index is 1.46. The molecule has 0 radical (unpaired) electrons. The van der Waals surface area contributed by atoms with Gasteiger partial charge in [-0.3, -0.25) is 0 Å². The van der Waals surface area contributed by atoms with Gasteiger partial charge in [0.25, 0.3) is 0 Å². The van der Waals surface area contributed by atoms with Crippen molar-refractivity contribution in [1.29, 1.82) is 0 Å². The van der Waals surface area contributed by atoms with Crippen LogP contribution in [0.1, 0.15) is 44.4 Å². The van der Waals surface area contributed by atoms with Crippen molar-refractivity contribution in [2.75, 3.05) is 19.7 Å². The van der Waals surface area contributed by atoms with Crippen LogP contribution in [-0.4, -0.2) is 42.9 Å². The molecule has 2 saturated carbocycles. The molecule has 1 spiro atoms. The van der Waals surface area contributed by atoms with E-state index in [9.17, 15) is 5.11 Å². The fourth-order valence-electron chi connectivity index (χ4n) is 4.82. The second-order valence-electron chi connectivity index (χ2n) is 7.90. The monoisotopic (exact) mass is 363 g/mol. The summed E-state index contributed by atoms with van der Waals surface area (Å²) in [6.07, 6.45) is 5.44. The first-order valence-electron chi connectivity index (χ1n) is 9.50. The minimum absolute atomic E-state index is 0.327. The van der Waals surface area contributed by atoms with E-state index in [0.717, 1.165) is 30.4 Å². The topological polar surface area (TPSA) is 65.9 Å². The van der Waals surface area contributed by atoms with E-state index >= 15 is 0 Å². The van der Waals surface area contributed by atoms with Crippen molar-refractivity contribution in [3.63, 3.8) is 0 Å². The highest BCUT2D eigenvalue weighted by Gasteiger charge is 2.66. The molecule has 0 aromatic carbocycles. The molecule has 1 aromatic heterocycles. The lowest BCUT2D eigenvalue weighted by Crippen LogP contribution is -2.72. The van der Waals surface area contributed by atoms with E-state index in [1.54, 1.807) is 11.3 Å². The third kappa shape index (κ3) is 2.88. The minimum atomic E-state index is -0.927. The summed E-state index contributed by atoms with van der Waals surface area (Å²) in [6, 6.07) is 4.39. The van der Waals surface area contributed by atoms with Crippen molar-refractivity contribution >= 4 is 17.3 Å². The first-order valence-corrected chi connectivity index (χ1v) is 10.4. The number of thiophene rings is 1. The van der Waals surface area contributed by atoms with Crippen LogP contribution in [0.25, 0.3) is 0 Å². The van der Waals surface area contributed by atoms with Crippen LogP contribution < -0.4 is 10.6 Å². The summed E-state index contributed by atoms with van der Waals surface area (Å²) in [5.41, 5.74) is -0.600. The lowest BCUT2D eigenvalue weighted by atomic mass is 9.46. The molecule has 1 saturated heterocycles. The van der Waals surface area contributed by atoms with E-state index in [4.69, 9.17) is 9.73 Å². The predicted molar refractivity (Wildman–Crippen MR) is 101 cm³/mol. The van der Waals surface area contributed by atoms with Gasteiger partial charge < -0.3 is 20.5 Å². The predicted octanol–water partition coefficient (Wildman–Crippen LogP) is 2.47. The van der Waals surface area contributed by atoms with Gasteiger partial charge in [-0.05, 0) is 44.6 Å². The number of hydrogen-bond acceptors (Lipinski definition) is 4. The Morgan fingerprint density at radius 1 is 1.52 bits per heavy atom. The highest BCUT2D eigenvalue weighted by atomic mass is 32.1. The maximum Gasteiger partial charge on any atom is 0.191 e. The van der Waals surface area contributed by atoms with E-state index in [-0.39, 0.29) is 0 Å². The number of fused-ring (bicyclic) bond motifs is 2. The summed E-state index contributed by atoms with van der Waals surface area (Å²) in [5, 5.41) is 19.8. The zero-order valence-corrected chi connectivity index (χ0v) is 15.9. The number of rotatable bonds is 5. The van der Waals surface area contributed by atoms with Crippen molar-refractivity contribution < 1.29 is 9.84 Å². The molecule has 0 bridgehead atoms. The van der Waals surface area contributed by atoms with Gasteiger partial charge in [0.05, 0.1) is 12.6 Å². The Bertz CT molecular complexity index is 625. The van der Waals surface area contributed by atoms with Gasteiger partial charge in [0.2, 0.25) is 0 Å². The van der Waals surface area contributed by atoms with Gasteiger partial charge in [-0.2, -0.15) is 0 Å². The molecule has 2 aliphatic carbocycles. The van der Waals surface area contributed by atoms with Crippen molar-refractivity contribution in [2.24, 2.45) is 16.3 Å². The van der Waals surface area contributed by atoms with Gasteiger partial charge in [-0.25, -0.2) is 4.99 Å². The summed E-state index contributed by atoms with van der Waals surface area (Å²) in [6.45, 7) is 5.99. The molecule has 138 valence electrons. The molecule has 4 unspecified atom stereocenters. The summed E-state index contributed by atoms with van der Waals surface area (Å²) >= 11 is 1.57. The SMILES string of the molecule is CCNC(=NCC(C)(O)c1cccs1)NC1C2CCOC2C12CCC2. The number of guanidine groups is 1. The Kier molecular flexibility index (Phi) is 4.54. The summed E-state index contributed by atoms with van der Waals surface area (Å²) in [4.78, 5) is 5.67. The Morgan fingerprint density at radius 3 is 3.00 bits per heavy atom. The molecule has 0 amide bonds. The van der Waals surface area contributed by atoms with Crippen LogP contribution in [0, 0.1) is 11.3 Å². The van der Waals surface area contributed by atoms with E-state index in [0.29, 0.717) is 30.0 Å². The Labute approximate surface area is 153 Å². The quantitative estimate of drug-likeness (QED) is 0.555. The molecule has 2 heterocycles. The lowest BCUT2D eigenvalue weighted by molar-refractivity contribution is -0.171. The van der Waals surface area contributed by atoms with Gasteiger partial charge in [-0.1, -0.05) is 12.5 Å². The maximum absolute atomic E-state index is 10.7. The molecule has 6 heteroatoms. The van der Waals surface area contributed by atoms with E-state index in [1.165, 1.54) is 19.3 Å². The Hall–Kier alpha value is -1.11. The van der Waals surface area contributed by atoms with Gasteiger partial charge in [0.15, 0.2) is 5.96 Å². The zero-order valence-electron chi connectivity index (χ0n) is 15.1. The third-order valence-electron chi connectivity index (χ3n) is 6.27. The van der Waals surface area contributed by atoms with E-state index in [1.807, 2.05) is 24.4 Å². The highest BCUT2D eigenvalue weighted by molar-refractivity contribution is 7.10. The summed E-state index contributed by atoms with van der Waals surface area (Å²) in [7, 11) is 0. The van der Waals surface area contributed by atoms with E-state index < -0.39 is 5.60 Å². The number of aliphatic imine (C=N–C) groups is 1. The van der Waals surface area contributed by atoms with Crippen LogP contribution in [0.2, 0.25) is 0 Å². The summed E-state index contributed by atoms with van der Waals surface area (Å²) < 4.78 is 6.01. The number of ether oxygens (including phenoxy) is 1. The van der Waals surface area contributed by atoms with Crippen LogP contribution in [0.4, 0.5) is 0 Å². The summed E-state index contributed by atoms with van der Waals surface area (Å²) in [5.74, 6) is 1.43. The van der Waals surface area contributed by atoms with Gasteiger partial charge in [0, 0.05) is 35.4 Å². The number of nitrogens with one attached hydrogen (secondary N) is 2. The molecule has 1 aromatic rings. The second kappa shape index (κ2) is 6.56. The number of aliphatic hydroxyl groups is 1. The zero-order chi connectivity index (χ0) is 17.5. The average molecular weight is 364 g/mol. The molecule has 4 atom stereocenters. The number of hydrogen-bond donors (Lipinski definition) is 3. The van der Waals surface area contributed by atoms with Crippen LogP contribution in [0.5, 0.6) is 0 Å². The molecule has 3 fully saturated rings. The fraction of sp³-hybridized carbons (Fsp3) is 0.737. The first-order chi connectivity index (χ1) is 12.1. The van der Waals surface area contributed by atoms with Gasteiger partial charge in [-0.15, -0.1) is 11.3 Å². The van der Waals surface area contributed by atoms with E-state index in [2.05, 4.69) is 17.6 Å². The average Bonchev–Trinajstić information content (AvgIpc) is 3.19. The Morgan fingerprint density at radius 2 is 2.36 bits per heavy atom. The standard InChI is InChI=1S/C19H29N3O2S/c1-3-20-17(21-12-18(2,23)14-6-4-11-25-14)22-15-13-7-10-24-16(13)19(15)8-5-9-19/h4,6,11,13,15-16,23H,3,5,7-10,12H2,1-2H3,(H2,20,21,22). The van der Waals surface area contributed by atoms with Crippen LogP contribution in [0.3, 0.4) is 0 Å². The minimum Gasteiger partial charge on any atom is -0.383 e. The normalized spacial score (nSPS) is 32.4. The van der Waals surface area contributed by atoms with Crippen molar-refractivity contribution in [3.8, 4) is 0 Å². The van der Waals surface area contributed by atoms with Crippen molar-refractivity contribution in [3.05, 3.63) is 22.4 Å². The van der Waals surface area contributed by atoms with Crippen LogP contribution >= 0.6 is 11.3 Å². The van der Waals surface area contributed by atoms with Crippen molar-refractivity contribution in [2.45, 2.75) is 57.3 Å². The van der Waals surface area contributed by atoms with Crippen LogP contribution in [0.15, 0.2) is 22.5 Å².